The monoisotopic (exact) mass is 237 g/mol. The number of nitrogens with zero attached hydrogens (tertiary/aromatic N) is 1. The van der Waals surface area contributed by atoms with Crippen molar-refractivity contribution in [2.75, 3.05) is 0 Å². The van der Waals surface area contributed by atoms with E-state index < -0.39 is 14.4 Å². The number of hydrogen-bond acceptors (Lipinski definition) is 2. The number of rotatable bonds is 4. The summed E-state index contributed by atoms with van der Waals surface area (Å²) in [6.07, 6.45) is 0.0817. The molecule has 0 saturated carbocycles. The van der Waals surface area contributed by atoms with Gasteiger partial charge in [-0.2, -0.15) is 5.26 Å². The molecule has 0 spiro atoms. The predicted octanol–water partition coefficient (Wildman–Crippen LogP) is 3.11. The van der Waals surface area contributed by atoms with Crippen molar-refractivity contribution >= 4 is 8.32 Å². The van der Waals surface area contributed by atoms with E-state index in [-0.39, 0.29) is 5.82 Å². The Kier molecular flexibility index (Phi) is 4.22. The molecule has 1 rings (SSSR count). The van der Waals surface area contributed by atoms with Crippen LogP contribution in [0, 0.1) is 17.1 Å². The summed E-state index contributed by atoms with van der Waals surface area (Å²) in [5.74, 6) is -0.261. The van der Waals surface area contributed by atoms with Crippen LogP contribution in [0.3, 0.4) is 0 Å². The molecule has 1 aromatic carbocycles. The van der Waals surface area contributed by atoms with Crippen LogP contribution in [-0.2, 0) is 10.8 Å². The minimum Gasteiger partial charge on any atom is -0.402 e. The second kappa shape index (κ2) is 5.24. The molecule has 4 heteroatoms. The van der Waals surface area contributed by atoms with Gasteiger partial charge in [0.05, 0.1) is 6.07 Å². The molecule has 0 aliphatic carbocycles. The molecule has 2 nitrogen and oxygen atoms in total. The summed E-state index contributed by atoms with van der Waals surface area (Å²) < 4.78 is 18.4. The predicted molar refractivity (Wildman–Crippen MR) is 63.9 cm³/mol. The van der Waals surface area contributed by atoms with Gasteiger partial charge in [0.25, 0.3) is 0 Å². The summed E-state index contributed by atoms with van der Waals surface area (Å²) in [6.45, 7) is 6.13. The Hall–Kier alpha value is -1.18. The van der Waals surface area contributed by atoms with Crippen molar-refractivity contribution in [3.05, 3.63) is 35.6 Å². The largest absolute Gasteiger partial charge is 0.402 e. The number of nitriles is 1. The molecule has 0 aromatic heterocycles. The third kappa shape index (κ3) is 4.56. The quantitative estimate of drug-likeness (QED) is 0.754. The zero-order valence-corrected chi connectivity index (χ0v) is 10.8. The number of halogens is 1. The van der Waals surface area contributed by atoms with Crippen LogP contribution in [0.4, 0.5) is 4.39 Å². The minimum atomic E-state index is -1.70. The van der Waals surface area contributed by atoms with E-state index in [0.29, 0.717) is 6.42 Å². The van der Waals surface area contributed by atoms with E-state index in [4.69, 9.17) is 9.69 Å². The Morgan fingerprint density at radius 3 is 2.31 bits per heavy atom. The lowest BCUT2D eigenvalue weighted by Crippen LogP contribution is -2.32. The number of hydrogen-bond donors (Lipinski definition) is 0. The normalized spacial score (nSPS) is 13.2. The van der Waals surface area contributed by atoms with Crippen molar-refractivity contribution in [2.45, 2.75) is 32.2 Å². The van der Waals surface area contributed by atoms with Gasteiger partial charge in [0.1, 0.15) is 11.9 Å². The molecule has 1 aromatic rings. The first kappa shape index (κ1) is 12.9. The molecular formula is C12H16FNOSi. The van der Waals surface area contributed by atoms with Crippen molar-refractivity contribution in [3.63, 3.8) is 0 Å². The average Bonchev–Trinajstić information content (AvgIpc) is 2.18. The van der Waals surface area contributed by atoms with Gasteiger partial charge >= 0.3 is 0 Å². The Balaban J connectivity index is 2.64. The summed E-state index contributed by atoms with van der Waals surface area (Å²) in [5.41, 5.74) is 0.922. The molecule has 86 valence electrons. The third-order valence-corrected chi connectivity index (χ3v) is 2.97. The van der Waals surface area contributed by atoms with Crippen LogP contribution in [0.2, 0.25) is 19.6 Å². The summed E-state index contributed by atoms with van der Waals surface area (Å²) in [7, 11) is -1.70. The fourth-order valence-corrected chi connectivity index (χ4v) is 2.36. The van der Waals surface area contributed by atoms with Gasteiger partial charge in [-0.25, -0.2) is 4.39 Å². The van der Waals surface area contributed by atoms with Gasteiger partial charge < -0.3 is 4.43 Å². The van der Waals surface area contributed by atoms with Gasteiger partial charge in [0, 0.05) is 6.42 Å². The molecule has 1 atom stereocenters. The zero-order chi connectivity index (χ0) is 12.2. The SMILES string of the molecule is C[Si](C)(C)O[C@@H](C#N)Cc1ccc(F)cc1. The molecule has 0 aliphatic rings. The van der Waals surface area contributed by atoms with Crippen molar-refractivity contribution < 1.29 is 8.82 Å². The Morgan fingerprint density at radius 2 is 1.88 bits per heavy atom. The van der Waals surface area contributed by atoms with E-state index in [1.54, 1.807) is 12.1 Å². The molecule has 0 bridgehead atoms. The fraction of sp³-hybridized carbons (Fsp3) is 0.417. The maximum atomic E-state index is 12.7. The molecule has 0 aliphatic heterocycles. The van der Waals surface area contributed by atoms with E-state index in [9.17, 15) is 4.39 Å². The van der Waals surface area contributed by atoms with Crippen molar-refractivity contribution in [3.8, 4) is 6.07 Å². The summed E-state index contributed by atoms with van der Waals surface area (Å²) >= 11 is 0. The number of benzene rings is 1. The van der Waals surface area contributed by atoms with Crippen LogP contribution >= 0.6 is 0 Å². The Labute approximate surface area is 96.8 Å². The molecular weight excluding hydrogens is 221 g/mol. The standard InChI is InChI=1S/C12H16FNOSi/c1-16(2,3)15-12(9-14)8-10-4-6-11(13)7-5-10/h4-7,12H,8H2,1-3H3/t12-/m1/s1. The lowest BCUT2D eigenvalue weighted by molar-refractivity contribution is 0.249. The van der Waals surface area contributed by atoms with Crippen molar-refractivity contribution in [2.24, 2.45) is 0 Å². The summed E-state index contributed by atoms with van der Waals surface area (Å²) in [5, 5.41) is 8.98. The smallest absolute Gasteiger partial charge is 0.185 e. The molecule has 0 radical (unpaired) electrons. The first-order valence-electron chi connectivity index (χ1n) is 5.22. The Bertz CT molecular complexity index is 377. The van der Waals surface area contributed by atoms with Gasteiger partial charge in [-0.3, -0.25) is 0 Å². The second-order valence-electron chi connectivity index (χ2n) is 4.68. The molecule has 0 fully saturated rings. The Morgan fingerprint density at radius 1 is 1.31 bits per heavy atom. The van der Waals surface area contributed by atoms with Gasteiger partial charge in [-0.15, -0.1) is 0 Å². The van der Waals surface area contributed by atoms with Crippen LogP contribution in [0.25, 0.3) is 0 Å². The van der Waals surface area contributed by atoms with Gasteiger partial charge in [0.15, 0.2) is 8.32 Å². The highest BCUT2D eigenvalue weighted by Crippen LogP contribution is 2.12. The lowest BCUT2D eigenvalue weighted by atomic mass is 10.1. The van der Waals surface area contributed by atoms with Crippen LogP contribution in [0.1, 0.15) is 5.56 Å². The highest BCUT2D eigenvalue weighted by atomic mass is 28.4. The molecule has 0 N–H and O–H groups in total. The minimum absolute atomic E-state index is 0.261. The molecule has 16 heavy (non-hydrogen) atoms. The molecule has 0 saturated heterocycles. The first-order chi connectivity index (χ1) is 7.40. The molecule has 0 heterocycles. The van der Waals surface area contributed by atoms with E-state index in [1.165, 1.54) is 12.1 Å². The lowest BCUT2D eigenvalue weighted by Gasteiger charge is -2.21. The van der Waals surface area contributed by atoms with E-state index in [2.05, 4.69) is 6.07 Å². The van der Waals surface area contributed by atoms with Crippen molar-refractivity contribution in [1.82, 2.24) is 0 Å². The van der Waals surface area contributed by atoms with Gasteiger partial charge in [0.2, 0.25) is 0 Å². The third-order valence-electron chi connectivity index (χ3n) is 1.97. The van der Waals surface area contributed by atoms with Crippen LogP contribution in [0.15, 0.2) is 24.3 Å². The van der Waals surface area contributed by atoms with Gasteiger partial charge in [-0.05, 0) is 37.3 Å². The van der Waals surface area contributed by atoms with Crippen LogP contribution < -0.4 is 0 Å². The maximum Gasteiger partial charge on any atom is 0.185 e. The first-order valence-corrected chi connectivity index (χ1v) is 8.63. The fourth-order valence-electron chi connectivity index (χ4n) is 1.38. The highest BCUT2D eigenvalue weighted by Gasteiger charge is 2.20. The van der Waals surface area contributed by atoms with E-state index in [0.717, 1.165) is 5.56 Å². The van der Waals surface area contributed by atoms with Crippen LogP contribution in [-0.4, -0.2) is 14.4 Å². The van der Waals surface area contributed by atoms with E-state index >= 15 is 0 Å². The zero-order valence-electron chi connectivity index (χ0n) is 9.83. The second-order valence-corrected chi connectivity index (χ2v) is 9.14. The van der Waals surface area contributed by atoms with Crippen molar-refractivity contribution in [1.29, 1.82) is 5.26 Å². The average molecular weight is 237 g/mol. The molecule has 0 unspecified atom stereocenters. The molecule has 0 amide bonds. The summed E-state index contributed by atoms with van der Waals surface area (Å²) in [6, 6.07) is 8.32. The van der Waals surface area contributed by atoms with E-state index in [1.807, 2.05) is 19.6 Å². The topological polar surface area (TPSA) is 33.0 Å². The van der Waals surface area contributed by atoms with Gasteiger partial charge in [-0.1, -0.05) is 12.1 Å². The highest BCUT2D eigenvalue weighted by molar-refractivity contribution is 6.69. The maximum absolute atomic E-state index is 12.7. The summed E-state index contributed by atoms with van der Waals surface area (Å²) in [4.78, 5) is 0. The van der Waals surface area contributed by atoms with Crippen LogP contribution in [0.5, 0.6) is 0 Å².